The maximum absolute atomic E-state index is 10.4. The molecule has 0 radical (unpaired) electrons. The molecule has 1 N–H and O–H groups in total. The molecule has 3 heteroatoms. The number of rotatable bonds is 2. The molecule has 0 fully saturated rings. The van der Waals surface area contributed by atoms with E-state index in [9.17, 15) is 5.11 Å². The third-order valence-corrected chi connectivity index (χ3v) is 9.45. The van der Waals surface area contributed by atoms with Crippen LogP contribution < -0.4 is 0 Å². The van der Waals surface area contributed by atoms with Crippen LogP contribution in [-0.4, -0.2) is 25.6 Å². The molecule has 1 unspecified atom stereocenters. The average molecular weight is 292 g/mol. The van der Waals surface area contributed by atoms with Gasteiger partial charge < -0.3 is 9.53 Å². The Hall–Kier alpha value is -0.643. The molecule has 2 aliphatic carbocycles. The highest BCUT2D eigenvalue weighted by Crippen LogP contribution is 2.41. The zero-order valence-electron chi connectivity index (χ0n) is 13.3. The SMILES string of the molecule is CC(C)(C)[Si](C)(C)O[C@H]1[C@@H]2C=CC=C[C@H]1CC=CC2O. The lowest BCUT2D eigenvalue weighted by Crippen LogP contribution is -2.48. The third kappa shape index (κ3) is 3.16. The fourth-order valence-corrected chi connectivity index (χ4v) is 3.98. The molecule has 0 aromatic rings. The van der Waals surface area contributed by atoms with Crippen molar-refractivity contribution in [3.63, 3.8) is 0 Å². The molecular formula is C17H28O2Si. The van der Waals surface area contributed by atoms with Gasteiger partial charge in [-0.25, -0.2) is 0 Å². The second-order valence-corrected chi connectivity index (χ2v) is 12.3. The smallest absolute Gasteiger partial charge is 0.192 e. The van der Waals surface area contributed by atoms with Crippen molar-refractivity contribution in [3.8, 4) is 0 Å². The van der Waals surface area contributed by atoms with Crippen molar-refractivity contribution < 1.29 is 9.53 Å². The number of allylic oxidation sites excluding steroid dienone is 3. The highest BCUT2D eigenvalue weighted by molar-refractivity contribution is 6.74. The van der Waals surface area contributed by atoms with Crippen LogP contribution in [0.15, 0.2) is 36.5 Å². The zero-order valence-corrected chi connectivity index (χ0v) is 14.3. The summed E-state index contributed by atoms with van der Waals surface area (Å²) < 4.78 is 6.68. The Labute approximate surface area is 124 Å². The van der Waals surface area contributed by atoms with Crippen LogP contribution in [0.4, 0.5) is 0 Å². The Kier molecular flexibility index (Phi) is 4.43. The van der Waals surface area contributed by atoms with Crippen molar-refractivity contribution in [2.45, 2.75) is 57.5 Å². The van der Waals surface area contributed by atoms with E-state index in [-0.39, 0.29) is 17.1 Å². The highest BCUT2D eigenvalue weighted by Gasteiger charge is 2.43. The number of hydrogen-bond acceptors (Lipinski definition) is 2. The summed E-state index contributed by atoms with van der Waals surface area (Å²) >= 11 is 0. The normalized spacial score (nSPS) is 33.9. The first-order valence-corrected chi connectivity index (χ1v) is 10.5. The number of hydrogen-bond donors (Lipinski definition) is 1. The van der Waals surface area contributed by atoms with Crippen LogP contribution in [0.5, 0.6) is 0 Å². The van der Waals surface area contributed by atoms with Gasteiger partial charge in [0.15, 0.2) is 8.32 Å². The molecule has 0 heterocycles. The zero-order chi connectivity index (χ0) is 15.0. The van der Waals surface area contributed by atoms with E-state index in [2.05, 4.69) is 64.2 Å². The van der Waals surface area contributed by atoms with Crippen LogP contribution in [0.2, 0.25) is 18.1 Å². The Morgan fingerprint density at radius 1 is 1.10 bits per heavy atom. The topological polar surface area (TPSA) is 29.5 Å². The largest absolute Gasteiger partial charge is 0.413 e. The van der Waals surface area contributed by atoms with Gasteiger partial charge in [-0.1, -0.05) is 57.2 Å². The van der Waals surface area contributed by atoms with Crippen molar-refractivity contribution in [1.29, 1.82) is 0 Å². The summed E-state index contributed by atoms with van der Waals surface area (Å²) in [6, 6.07) is 0. The number of aliphatic hydroxyl groups excluding tert-OH is 1. The first kappa shape index (κ1) is 15.7. The predicted molar refractivity (Wildman–Crippen MR) is 87.1 cm³/mol. The number of aliphatic hydroxyl groups is 1. The molecular weight excluding hydrogens is 264 g/mol. The first-order chi connectivity index (χ1) is 9.22. The molecule has 0 saturated heterocycles. The van der Waals surface area contributed by atoms with Gasteiger partial charge in [-0.05, 0) is 24.6 Å². The molecule has 0 aliphatic heterocycles. The van der Waals surface area contributed by atoms with Crippen molar-refractivity contribution in [2.75, 3.05) is 0 Å². The number of fused-ring (bicyclic) bond motifs is 2. The maximum atomic E-state index is 10.4. The van der Waals surface area contributed by atoms with Crippen LogP contribution in [0.3, 0.4) is 0 Å². The summed E-state index contributed by atoms with van der Waals surface area (Å²) in [5, 5.41) is 10.6. The molecule has 2 nitrogen and oxygen atoms in total. The second kappa shape index (κ2) is 5.62. The highest BCUT2D eigenvalue weighted by atomic mass is 28.4. The van der Waals surface area contributed by atoms with Gasteiger partial charge in [0.2, 0.25) is 0 Å². The average Bonchev–Trinajstić information content (AvgIpc) is 2.58. The van der Waals surface area contributed by atoms with Gasteiger partial charge in [0.25, 0.3) is 0 Å². The van der Waals surface area contributed by atoms with E-state index in [1.165, 1.54) is 0 Å². The van der Waals surface area contributed by atoms with Crippen LogP contribution >= 0.6 is 0 Å². The monoisotopic (exact) mass is 292 g/mol. The van der Waals surface area contributed by atoms with E-state index < -0.39 is 14.4 Å². The van der Waals surface area contributed by atoms with E-state index >= 15 is 0 Å². The maximum Gasteiger partial charge on any atom is 0.192 e. The van der Waals surface area contributed by atoms with Crippen molar-refractivity contribution in [3.05, 3.63) is 36.5 Å². The standard InChI is InChI=1S/C17H28O2Si/c1-17(2,3)20(4,5)19-16-13-9-6-7-11-14(16)15(18)12-8-10-13/h6-9,11-16,18H,10H2,1-5H3/t13-,14+,15?,16+/m0/s1. The van der Waals surface area contributed by atoms with Crippen LogP contribution in [0.25, 0.3) is 0 Å². The Morgan fingerprint density at radius 3 is 2.40 bits per heavy atom. The summed E-state index contributed by atoms with van der Waals surface area (Å²) in [4.78, 5) is 0. The molecule has 2 aliphatic rings. The van der Waals surface area contributed by atoms with Gasteiger partial charge in [0, 0.05) is 11.8 Å². The minimum Gasteiger partial charge on any atom is -0.413 e. The molecule has 0 spiro atoms. The van der Waals surface area contributed by atoms with Gasteiger partial charge in [0.05, 0.1) is 12.2 Å². The lowest BCUT2D eigenvalue weighted by Gasteiger charge is -2.42. The fraction of sp³-hybridized carbons (Fsp3) is 0.647. The molecule has 2 rings (SSSR count). The van der Waals surface area contributed by atoms with Crippen LogP contribution in [0.1, 0.15) is 27.2 Å². The minimum absolute atomic E-state index is 0.0582. The fourth-order valence-electron chi connectivity index (χ4n) is 2.61. The molecule has 0 aromatic carbocycles. The summed E-state index contributed by atoms with van der Waals surface area (Å²) in [6.45, 7) is 11.4. The quantitative estimate of drug-likeness (QED) is 0.614. The third-order valence-electron chi connectivity index (χ3n) is 4.98. The van der Waals surface area contributed by atoms with Crippen molar-refractivity contribution in [2.24, 2.45) is 11.8 Å². The second-order valence-electron chi connectivity index (χ2n) is 7.51. The van der Waals surface area contributed by atoms with E-state index in [4.69, 9.17) is 4.43 Å². The molecule has 2 bridgehead atoms. The van der Waals surface area contributed by atoms with Gasteiger partial charge in [-0.2, -0.15) is 0 Å². The van der Waals surface area contributed by atoms with E-state index in [1.807, 2.05) is 6.08 Å². The molecule has 112 valence electrons. The van der Waals surface area contributed by atoms with Crippen molar-refractivity contribution in [1.82, 2.24) is 0 Å². The Morgan fingerprint density at radius 2 is 1.75 bits per heavy atom. The van der Waals surface area contributed by atoms with Gasteiger partial charge in [-0.15, -0.1) is 0 Å². The lowest BCUT2D eigenvalue weighted by atomic mass is 9.89. The minimum atomic E-state index is -1.84. The van der Waals surface area contributed by atoms with Crippen molar-refractivity contribution >= 4 is 8.32 Å². The van der Waals surface area contributed by atoms with E-state index in [1.54, 1.807) is 0 Å². The van der Waals surface area contributed by atoms with E-state index in [0.29, 0.717) is 5.92 Å². The molecule has 0 amide bonds. The Balaban J connectivity index is 2.29. The summed E-state index contributed by atoms with van der Waals surface area (Å²) in [7, 11) is -1.84. The summed E-state index contributed by atoms with van der Waals surface area (Å²) in [5.41, 5.74) is 0. The lowest BCUT2D eigenvalue weighted by molar-refractivity contribution is 0.0476. The summed E-state index contributed by atoms with van der Waals surface area (Å²) in [6.07, 6.45) is 13.1. The van der Waals surface area contributed by atoms with Crippen LogP contribution in [0, 0.1) is 11.8 Å². The molecule has 0 saturated carbocycles. The molecule has 4 atom stereocenters. The van der Waals surface area contributed by atoms with E-state index in [0.717, 1.165) is 6.42 Å². The van der Waals surface area contributed by atoms with Gasteiger partial charge >= 0.3 is 0 Å². The first-order valence-electron chi connectivity index (χ1n) is 7.60. The van der Waals surface area contributed by atoms with Gasteiger partial charge in [0.1, 0.15) is 0 Å². The van der Waals surface area contributed by atoms with Gasteiger partial charge in [-0.3, -0.25) is 0 Å². The molecule has 20 heavy (non-hydrogen) atoms. The summed E-state index contributed by atoms with van der Waals surface area (Å²) in [5.74, 6) is 0.417. The van der Waals surface area contributed by atoms with Crippen LogP contribution in [-0.2, 0) is 4.43 Å². The Bertz CT molecular complexity index is 429. The predicted octanol–water partition coefficient (Wildman–Crippen LogP) is 4.06. The molecule has 0 aromatic heterocycles.